The standard InChI is InChI=1S/3C21H12NO.C10H8F3N3.C10H11N3.C9H7F3N4.3Ir/c3*1-3-7-18-14(5-1)10-12-19(22-18)15-9-11-17-16-6-2-4-8-20(16)23-21(17)13-15;1-16-5-3-2-4-8(16)7-6-9(15-14-7)10(11,12)13;1-8-7-9(12-11-8)10-5-3-4-6-13(10)2;1-16-5-3-2-4-6(16)7-13-8(15-14-7)9(10,11)12;;;/h3*1-8,10-13H;2-6H,1H3;3-7H,1-2H3;2-5H,1H3;;;/q3*-1;;;;;;. The Bertz CT molecular complexity index is 6510. The Morgan fingerprint density at radius 2 is 0.675 bits per heavy atom. The molecule has 0 amide bonds. The van der Waals surface area contributed by atoms with E-state index < -0.39 is 23.9 Å². The maximum Gasteiger partial charge on any atom is 0.431 e. The molecule has 0 saturated carbocycles. The molecule has 3 radical (unpaired) electrons. The summed E-state index contributed by atoms with van der Waals surface area (Å²) in [5.41, 5.74) is 17.1. The average Bonchev–Trinajstić information content (AvgIpc) is 1.66. The second-order valence-electron chi connectivity index (χ2n) is 26.4. The molecule has 117 heavy (non-hydrogen) atoms. The maximum absolute atomic E-state index is 12.3. The van der Waals surface area contributed by atoms with E-state index in [1.807, 2.05) is 213 Å². The van der Waals surface area contributed by atoms with Gasteiger partial charge in [-0.05, 0) is 134 Å². The summed E-state index contributed by atoms with van der Waals surface area (Å²) in [6, 6.07) is 102. The number of pyridine rings is 6. The number of halogens is 6. The van der Waals surface area contributed by atoms with Crippen molar-refractivity contribution in [3.05, 3.63) is 339 Å². The normalized spacial score (nSPS) is 11.1. The molecule has 0 fully saturated rings. The zero-order chi connectivity index (χ0) is 78.5. The molecule has 0 N–H and O–H groups in total. The van der Waals surface area contributed by atoms with E-state index in [0.717, 1.165) is 155 Å². The van der Waals surface area contributed by atoms with Crippen LogP contribution >= 0.6 is 0 Å². The molecule has 0 bridgehead atoms. The molecule has 585 valence electrons. The molecular weight excluding hydrogens is 2030 g/mol. The van der Waals surface area contributed by atoms with Crippen LogP contribution < -0.4 is 29.0 Å². The Balaban J connectivity index is 0.000000123. The number of fused-ring (bicyclic) bond motifs is 12. The van der Waals surface area contributed by atoms with Crippen molar-refractivity contribution in [2.24, 2.45) is 21.1 Å². The van der Waals surface area contributed by atoms with Gasteiger partial charge in [0.1, 0.15) is 49.4 Å². The van der Waals surface area contributed by atoms with Gasteiger partial charge in [-0.25, -0.2) is 13.7 Å². The Kier molecular flexibility index (Phi) is 25.2. The number of hydrogen-bond donors (Lipinski definition) is 0. The Morgan fingerprint density at radius 1 is 0.325 bits per heavy atom. The van der Waals surface area contributed by atoms with Gasteiger partial charge in [0.2, 0.25) is 5.69 Å². The number of hydrogen-bond acceptors (Lipinski definition) is 10. The third-order valence-corrected chi connectivity index (χ3v) is 18.7. The van der Waals surface area contributed by atoms with Gasteiger partial charge in [-0.3, -0.25) is 20.1 Å². The van der Waals surface area contributed by atoms with Gasteiger partial charge in [-0.1, -0.05) is 180 Å². The van der Waals surface area contributed by atoms with E-state index in [9.17, 15) is 26.3 Å². The number of para-hydroxylation sites is 6. The smallest absolute Gasteiger partial charge is 0.431 e. The fourth-order valence-corrected chi connectivity index (χ4v) is 13.0. The fourth-order valence-electron chi connectivity index (χ4n) is 13.0. The molecule has 0 aliphatic carbocycles. The topological polar surface area (TPSA) is 184 Å². The van der Waals surface area contributed by atoms with Gasteiger partial charge in [-0.2, -0.15) is 26.3 Å². The van der Waals surface area contributed by atoms with Gasteiger partial charge in [0.15, 0.2) is 30.0 Å². The molecule has 0 aliphatic heterocycles. The number of aromatic nitrogens is 13. The molecule has 0 saturated heterocycles. The molecule has 21 rings (SSSR count). The minimum absolute atomic E-state index is 0. The first-order valence-electron chi connectivity index (χ1n) is 35.8. The Morgan fingerprint density at radius 3 is 1.03 bits per heavy atom. The van der Waals surface area contributed by atoms with Crippen molar-refractivity contribution in [3.63, 3.8) is 0 Å². The molecule has 25 heteroatoms. The summed E-state index contributed by atoms with van der Waals surface area (Å²) in [6.45, 7) is 1.94. The van der Waals surface area contributed by atoms with Gasteiger partial charge in [-0.15, -0.1) is 53.1 Å². The number of nitrogens with zero attached hydrogens (tertiary/aromatic N) is 13. The molecule has 16 nitrogen and oxygen atoms in total. The Hall–Kier alpha value is -12.9. The summed E-state index contributed by atoms with van der Waals surface area (Å²) < 4.78 is 96.9. The van der Waals surface area contributed by atoms with Crippen LogP contribution in [0.3, 0.4) is 0 Å². The second-order valence-corrected chi connectivity index (χ2v) is 26.4. The predicted octanol–water partition coefficient (Wildman–Crippen LogP) is 20.1. The average molecular weight is 2090 g/mol. The van der Waals surface area contributed by atoms with Crippen molar-refractivity contribution in [1.29, 1.82) is 0 Å². The molecule has 12 heterocycles. The summed E-state index contributed by atoms with van der Waals surface area (Å²) in [7, 11) is 5.43. The van der Waals surface area contributed by atoms with E-state index in [1.165, 1.54) is 0 Å². The van der Waals surface area contributed by atoms with Crippen molar-refractivity contribution in [3.8, 4) is 68.1 Å². The zero-order valence-corrected chi connectivity index (χ0v) is 69.4. The van der Waals surface area contributed by atoms with Crippen LogP contribution in [0.4, 0.5) is 26.3 Å². The first-order valence-corrected chi connectivity index (χ1v) is 35.8. The van der Waals surface area contributed by atoms with Crippen LogP contribution in [0, 0.1) is 25.1 Å². The van der Waals surface area contributed by atoms with Crippen LogP contribution in [0.25, 0.3) is 167 Å². The first-order chi connectivity index (χ1) is 55.4. The summed E-state index contributed by atoms with van der Waals surface area (Å²) >= 11 is 0. The Labute approximate surface area is 705 Å². The molecule has 0 aliphatic rings. The molecule has 9 aromatic carbocycles. The van der Waals surface area contributed by atoms with Crippen molar-refractivity contribution in [1.82, 2.24) is 50.5 Å². The first kappa shape index (κ1) is 82.1. The van der Waals surface area contributed by atoms with Crippen molar-refractivity contribution < 1.29 is 114 Å². The van der Waals surface area contributed by atoms with Crippen molar-refractivity contribution >= 4 is 98.5 Å². The van der Waals surface area contributed by atoms with E-state index in [4.69, 9.17) is 28.2 Å². The van der Waals surface area contributed by atoms with Crippen LogP contribution in [-0.2, 0) is 93.8 Å². The third-order valence-electron chi connectivity index (χ3n) is 18.7. The van der Waals surface area contributed by atoms with Gasteiger partial charge >= 0.3 is 12.4 Å². The van der Waals surface area contributed by atoms with E-state index in [-0.39, 0.29) is 71.8 Å². The summed E-state index contributed by atoms with van der Waals surface area (Å²) in [6.07, 6.45) is -3.58. The number of benzene rings is 9. The van der Waals surface area contributed by atoms with E-state index in [0.29, 0.717) is 11.4 Å². The van der Waals surface area contributed by atoms with Crippen LogP contribution in [0.5, 0.6) is 0 Å². The third kappa shape index (κ3) is 18.5. The maximum atomic E-state index is 12.3. The van der Waals surface area contributed by atoms with Crippen LogP contribution in [0.1, 0.15) is 17.2 Å². The van der Waals surface area contributed by atoms with E-state index >= 15 is 0 Å². The van der Waals surface area contributed by atoms with Gasteiger partial charge in [0.05, 0.1) is 33.3 Å². The van der Waals surface area contributed by atoms with Gasteiger partial charge in [0, 0.05) is 108 Å². The fraction of sp³-hybridized carbons (Fsp3) is 0.0652. The molecular formula is C92H62F6Ir3N13O3-3. The number of aryl methyl sites for hydroxylation is 4. The summed E-state index contributed by atoms with van der Waals surface area (Å²) in [5.74, 6) is -1.25. The minimum atomic E-state index is -4.56. The SMILES string of the molecule is C[n+]1ccccc1-c1cc(C(F)(F)F)n[n-]1.C[n+]1ccccc1-c1nc(C(F)(F)F)n[n-]1.Cc1cc(-c2cccc[n+]2C)[n-]n1.[Ir].[Ir].[Ir].[c-]1cc2c(cc1-c1ccc3ccccc3n1)oc1ccccc12.[c-]1cc2c(cc1-c1ccc3ccccc3n1)oc1ccccc12.[c-]1cc2c(cc1-c1ccc3ccccc3n1)oc1ccccc12. The van der Waals surface area contributed by atoms with Gasteiger partial charge < -0.3 is 43.7 Å². The molecule has 0 atom stereocenters. The van der Waals surface area contributed by atoms with Crippen LogP contribution in [-0.4, -0.2) is 35.2 Å². The number of rotatable bonds is 6. The minimum Gasteiger partial charge on any atom is -0.570 e. The predicted molar refractivity (Wildman–Crippen MR) is 425 cm³/mol. The zero-order valence-electron chi connectivity index (χ0n) is 62.2. The van der Waals surface area contributed by atoms with Gasteiger partial charge in [0.25, 0.3) is 0 Å². The molecule has 21 aromatic rings. The largest absolute Gasteiger partial charge is 0.570 e. The molecule has 0 unspecified atom stereocenters. The molecule has 12 aromatic heterocycles. The van der Waals surface area contributed by atoms with E-state index in [2.05, 4.69) is 108 Å². The number of alkyl halides is 6. The monoisotopic (exact) mass is 2090 g/mol. The van der Waals surface area contributed by atoms with E-state index in [1.54, 1.807) is 72.0 Å². The van der Waals surface area contributed by atoms with Crippen LogP contribution in [0.15, 0.2) is 317 Å². The summed E-state index contributed by atoms with van der Waals surface area (Å²) in [4.78, 5) is 17.5. The van der Waals surface area contributed by atoms with Crippen molar-refractivity contribution in [2.45, 2.75) is 19.3 Å². The molecule has 0 spiro atoms. The van der Waals surface area contributed by atoms with Crippen LogP contribution in [0.2, 0.25) is 0 Å². The number of furan rings is 3. The van der Waals surface area contributed by atoms with Crippen molar-refractivity contribution in [2.75, 3.05) is 0 Å². The quantitative estimate of drug-likeness (QED) is 0.0871. The summed E-state index contributed by atoms with van der Waals surface area (Å²) in [5, 5.41) is 31.2. The second kappa shape index (κ2) is 35.9.